The van der Waals surface area contributed by atoms with E-state index in [1.54, 1.807) is 6.92 Å². The normalized spacial score (nSPS) is 16.5. The largest absolute Gasteiger partial charge is 0.440 e. The number of thiazole rings is 1. The van der Waals surface area contributed by atoms with Crippen molar-refractivity contribution in [2.75, 3.05) is 0 Å². The van der Waals surface area contributed by atoms with E-state index in [0.29, 0.717) is 11.6 Å². The van der Waals surface area contributed by atoms with E-state index in [1.807, 2.05) is 0 Å². The second kappa shape index (κ2) is 5.38. The van der Waals surface area contributed by atoms with Crippen molar-refractivity contribution in [1.29, 1.82) is 0 Å². The monoisotopic (exact) mass is 331 g/mol. The molecular weight excluding hydrogens is 319 g/mol. The van der Waals surface area contributed by atoms with Gasteiger partial charge in [0.15, 0.2) is 5.69 Å². The lowest BCUT2D eigenvalue weighted by molar-refractivity contribution is -0.207. The Morgan fingerprint density at radius 1 is 1.50 bits per heavy atom. The summed E-state index contributed by atoms with van der Waals surface area (Å²) in [5.41, 5.74) is 1.05. The number of carbonyl (C=O) groups is 1. The van der Waals surface area contributed by atoms with Gasteiger partial charge in [-0.2, -0.15) is 18.3 Å². The van der Waals surface area contributed by atoms with E-state index in [4.69, 9.17) is 0 Å². The highest BCUT2D eigenvalue weighted by Crippen LogP contribution is 2.40. The molecule has 0 amide bonds. The number of nitrogens with one attached hydrogen (secondary N) is 1. The second-order valence-electron chi connectivity index (χ2n) is 5.14. The van der Waals surface area contributed by atoms with Crippen LogP contribution in [0.1, 0.15) is 51.7 Å². The molecule has 5 nitrogen and oxygen atoms in total. The molecule has 1 fully saturated rings. The fraction of sp³-hybridized carbons (Fsp3) is 0.462. The number of aryl methyl sites for hydroxylation is 1. The van der Waals surface area contributed by atoms with Gasteiger partial charge in [-0.25, -0.2) is 9.78 Å². The van der Waals surface area contributed by atoms with Crippen molar-refractivity contribution in [3.8, 4) is 0 Å². The minimum atomic E-state index is -4.73. The van der Waals surface area contributed by atoms with Crippen LogP contribution in [0.2, 0.25) is 0 Å². The molecule has 0 radical (unpaired) electrons. The van der Waals surface area contributed by atoms with Crippen molar-refractivity contribution < 1.29 is 22.7 Å². The van der Waals surface area contributed by atoms with Gasteiger partial charge < -0.3 is 4.74 Å². The molecule has 0 unspecified atom stereocenters. The summed E-state index contributed by atoms with van der Waals surface area (Å²) < 4.78 is 43.9. The van der Waals surface area contributed by atoms with Gasteiger partial charge in [0.25, 0.3) is 0 Å². The lowest BCUT2D eigenvalue weighted by atomic mass is 10.2. The van der Waals surface area contributed by atoms with Crippen molar-refractivity contribution in [1.82, 2.24) is 15.2 Å². The van der Waals surface area contributed by atoms with E-state index in [1.165, 1.54) is 11.4 Å². The molecule has 22 heavy (non-hydrogen) atoms. The molecule has 1 aliphatic rings. The summed E-state index contributed by atoms with van der Waals surface area (Å²) >= 11 is 0.805. The minimum Gasteiger partial charge on any atom is -0.440 e. The Morgan fingerprint density at radius 2 is 2.23 bits per heavy atom. The van der Waals surface area contributed by atoms with E-state index >= 15 is 0 Å². The Morgan fingerprint density at radius 3 is 2.77 bits per heavy atom. The Hall–Kier alpha value is -1.90. The molecule has 0 aliphatic heterocycles. The zero-order chi connectivity index (χ0) is 15.9. The number of hydrogen-bond donors (Lipinski definition) is 1. The van der Waals surface area contributed by atoms with Gasteiger partial charge in [-0.1, -0.05) is 0 Å². The summed E-state index contributed by atoms with van der Waals surface area (Å²) in [7, 11) is 0. The number of halogens is 3. The standard InChI is InChI=1S/C13H12F3N3O2S/c1-6-5-22-11(17-6)10(13(14,15)16)21-12(20)9-4-8(18-19-9)7-2-3-7/h4-5,7,10H,2-3H2,1H3,(H,18,19)/t10-/m1/s1. The van der Waals surface area contributed by atoms with Crippen molar-refractivity contribution in [3.05, 3.63) is 33.5 Å². The first-order valence-electron chi connectivity index (χ1n) is 6.59. The number of alkyl halides is 3. The molecule has 0 aromatic carbocycles. The van der Waals surface area contributed by atoms with E-state index in [9.17, 15) is 18.0 Å². The second-order valence-corrected chi connectivity index (χ2v) is 6.03. The highest BCUT2D eigenvalue weighted by molar-refractivity contribution is 7.09. The van der Waals surface area contributed by atoms with Crippen LogP contribution in [0.4, 0.5) is 13.2 Å². The molecule has 2 aromatic rings. The fourth-order valence-corrected chi connectivity index (χ4v) is 2.81. The van der Waals surface area contributed by atoms with Crippen molar-refractivity contribution in [3.63, 3.8) is 0 Å². The number of H-pyrrole nitrogens is 1. The predicted octanol–water partition coefficient (Wildman–Crippen LogP) is 3.51. The molecule has 0 bridgehead atoms. The highest BCUT2D eigenvalue weighted by atomic mass is 32.1. The van der Waals surface area contributed by atoms with E-state index in [-0.39, 0.29) is 10.7 Å². The van der Waals surface area contributed by atoms with Crippen LogP contribution in [0.25, 0.3) is 0 Å². The first kappa shape index (κ1) is 15.0. The van der Waals surface area contributed by atoms with Gasteiger partial charge in [-0.15, -0.1) is 11.3 Å². The molecule has 1 N–H and O–H groups in total. The molecule has 0 spiro atoms. The van der Waals surface area contributed by atoms with Gasteiger partial charge in [-0.3, -0.25) is 5.10 Å². The number of esters is 1. The van der Waals surface area contributed by atoms with E-state index < -0.39 is 18.2 Å². The Labute approximate surface area is 127 Å². The summed E-state index contributed by atoms with van der Waals surface area (Å²) in [6, 6.07) is 1.44. The first-order chi connectivity index (χ1) is 10.3. The van der Waals surface area contributed by atoms with Gasteiger partial charge >= 0.3 is 12.1 Å². The van der Waals surface area contributed by atoms with E-state index in [0.717, 1.165) is 29.9 Å². The maximum absolute atomic E-state index is 13.1. The summed E-state index contributed by atoms with van der Waals surface area (Å²) in [6.07, 6.45) is -5.13. The molecule has 118 valence electrons. The summed E-state index contributed by atoms with van der Waals surface area (Å²) in [4.78, 5) is 15.7. The molecular formula is C13H12F3N3O2S. The van der Waals surface area contributed by atoms with Gasteiger partial charge in [0.1, 0.15) is 5.01 Å². The van der Waals surface area contributed by atoms with Gasteiger partial charge in [-0.05, 0) is 25.8 Å². The lowest BCUT2D eigenvalue weighted by Crippen LogP contribution is -2.26. The van der Waals surface area contributed by atoms with Crippen molar-refractivity contribution in [2.45, 2.75) is 38.0 Å². The van der Waals surface area contributed by atoms with Crippen LogP contribution in [0, 0.1) is 6.92 Å². The number of ether oxygens (including phenoxy) is 1. The SMILES string of the molecule is Cc1csc([C@@H](OC(=O)c2cc(C3CC3)[nH]n2)C(F)(F)F)n1. The summed E-state index contributed by atoms with van der Waals surface area (Å²) in [5.74, 6) is -0.799. The van der Waals surface area contributed by atoms with Crippen molar-refractivity contribution in [2.24, 2.45) is 0 Å². The van der Waals surface area contributed by atoms with Gasteiger partial charge in [0, 0.05) is 22.7 Å². The average molecular weight is 331 g/mol. The third-order valence-electron chi connectivity index (χ3n) is 3.21. The molecule has 1 atom stereocenters. The summed E-state index contributed by atoms with van der Waals surface area (Å²) in [5, 5.41) is 7.57. The van der Waals surface area contributed by atoms with E-state index in [2.05, 4.69) is 19.9 Å². The third-order valence-corrected chi connectivity index (χ3v) is 4.21. The van der Waals surface area contributed by atoms with Gasteiger partial charge in [0.05, 0.1) is 0 Å². The fourth-order valence-electron chi connectivity index (χ4n) is 1.96. The molecule has 0 saturated heterocycles. The number of aromatic amines is 1. The minimum absolute atomic E-state index is 0.149. The summed E-state index contributed by atoms with van der Waals surface area (Å²) in [6.45, 7) is 1.57. The quantitative estimate of drug-likeness (QED) is 0.871. The highest BCUT2D eigenvalue weighted by Gasteiger charge is 2.46. The van der Waals surface area contributed by atoms with Crippen molar-refractivity contribution >= 4 is 17.3 Å². The van der Waals surface area contributed by atoms with Gasteiger partial charge in [0.2, 0.25) is 6.10 Å². The van der Waals surface area contributed by atoms with Crippen LogP contribution in [-0.4, -0.2) is 27.3 Å². The molecule has 9 heteroatoms. The molecule has 2 heterocycles. The molecule has 2 aromatic heterocycles. The maximum atomic E-state index is 13.1. The number of nitrogens with zero attached hydrogens (tertiary/aromatic N) is 2. The Balaban J connectivity index is 1.78. The first-order valence-corrected chi connectivity index (χ1v) is 7.47. The smallest absolute Gasteiger partial charge is 0.432 e. The van der Waals surface area contributed by atoms with Crippen LogP contribution < -0.4 is 0 Å². The van der Waals surface area contributed by atoms with Crippen LogP contribution in [-0.2, 0) is 4.74 Å². The zero-order valence-corrected chi connectivity index (χ0v) is 12.3. The van der Waals surface area contributed by atoms with Crippen LogP contribution >= 0.6 is 11.3 Å². The molecule has 1 saturated carbocycles. The maximum Gasteiger partial charge on any atom is 0.432 e. The average Bonchev–Trinajstić information content (AvgIpc) is 3.00. The number of hydrogen-bond acceptors (Lipinski definition) is 5. The number of carbonyl (C=O) groups excluding carboxylic acids is 1. The topological polar surface area (TPSA) is 67.9 Å². The number of rotatable bonds is 4. The third kappa shape index (κ3) is 3.13. The van der Waals surface area contributed by atoms with Crippen LogP contribution in [0.3, 0.4) is 0 Å². The molecule has 1 aliphatic carbocycles. The Bertz CT molecular complexity index is 691. The molecule has 3 rings (SSSR count). The Kier molecular flexibility index (Phi) is 3.67. The van der Waals surface area contributed by atoms with Crippen LogP contribution in [0.5, 0.6) is 0 Å². The zero-order valence-electron chi connectivity index (χ0n) is 11.5. The van der Waals surface area contributed by atoms with Crippen LogP contribution in [0.15, 0.2) is 11.4 Å². The number of aromatic nitrogens is 3. The predicted molar refractivity (Wildman–Crippen MR) is 71.6 cm³/mol. The lowest BCUT2D eigenvalue weighted by Gasteiger charge is -2.17.